The van der Waals surface area contributed by atoms with Gasteiger partial charge in [-0.15, -0.1) is 0 Å². The quantitative estimate of drug-likeness (QED) is 0.773. The van der Waals surface area contributed by atoms with Crippen LogP contribution in [0.1, 0.15) is 18.4 Å². The number of ether oxygens (including phenoxy) is 1. The van der Waals surface area contributed by atoms with E-state index in [4.69, 9.17) is 0 Å². The van der Waals surface area contributed by atoms with Crippen molar-refractivity contribution in [3.63, 3.8) is 0 Å². The number of hydrogen-bond acceptors (Lipinski definition) is 3. The minimum atomic E-state index is -4.73. The highest BCUT2D eigenvalue weighted by Gasteiger charge is 2.68. The molecule has 0 radical (unpaired) electrons. The van der Waals surface area contributed by atoms with Gasteiger partial charge >= 0.3 is 12.3 Å². The van der Waals surface area contributed by atoms with Gasteiger partial charge in [0.25, 0.3) is 0 Å². The molecule has 0 aromatic heterocycles. The normalized spacial score (nSPS) is 26.4. The van der Waals surface area contributed by atoms with E-state index in [-0.39, 0.29) is 17.0 Å². The second-order valence-corrected chi connectivity index (χ2v) is 4.75. The Morgan fingerprint density at radius 3 is 2.63 bits per heavy atom. The molecule has 0 bridgehead atoms. The molecule has 3 rings (SSSR count). The van der Waals surface area contributed by atoms with Crippen molar-refractivity contribution in [3.8, 4) is 5.75 Å². The van der Waals surface area contributed by atoms with Crippen molar-refractivity contribution >= 4 is 11.8 Å². The van der Waals surface area contributed by atoms with E-state index in [1.165, 1.54) is 12.1 Å². The summed E-state index contributed by atoms with van der Waals surface area (Å²) in [6, 6.07) is 3.47. The van der Waals surface area contributed by atoms with Crippen molar-refractivity contribution in [1.29, 1.82) is 0 Å². The molecule has 2 N–H and O–H groups in total. The van der Waals surface area contributed by atoms with Crippen LogP contribution in [0.4, 0.5) is 23.7 Å². The van der Waals surface area contributed by atoms with E-state index in [9.17, 15) is 23.1 Å². The van der Waals surface area contributed by atoms with Gasteiger partial charge in [-0.05, 0) is 31.0 Å². The van der Waals surface area contributed by atoms with E-state index in [0.717, 1.165) is 6.07 Å². The molecule has 7 heteroatoms. The summed E-state index contributed by atoms with van der Waals surface area (Å²) >= 11 is 0. The van der Waals surface area contributed by atoms with Gasteiger partial charge < -0.3 is 9.84 Å². The number of rotatable bonds is 1. The van der Waals surface area contributed by atoms with Crippen LogP contribution in [0.15, 0.2) is 18.2 Å². The number of aromatic hydroxyl groups is 1. The lowest BCUT2D eigenvalue weighted by Crippen LogP contribution is -2.51. The van der Waals surface area contributed by atoms with Gasteiger partial charge in [0.05, 0.1) is 5.69 Å². The SMILES string of the molecule is O=C1Nc2ccc(O)cc2C(C2CC2)(C(F)(F)F)O1. The molecule has 19 heavy (non-hydrogen) atoms. The summed E-state index contributed by atoms with van der Waals surface area (Å²) in [5, 5.41) is 11.6. The van der Waals surface area contributed by atoms with Gasteiger partial charge in [-0.1, -0.05) is 0 Å². The molecule has 1 amide bonds. The van der Waals surface area contributed by atoms with E-state index in [2.05, 4.69) is 10.1 Å². The highest BCUT2D eigenvalue weighted by Crippen LogP contribution is 2.59. The largest absolute Gasteiger partial charge is 0.508 e. The Hall–Kier alpha value is -1.92. The number of phenols is 1. The molecule has 0 spiro atoms. The predicted molar refractivity (Wildman–Crippen MR) is 58.7 cm³/mol. The van der Waals surface area contributed by atoms with E-state index >= 15 is 0 Å². The Morgan fingerprint density at radius 1 is 1.37 bits per heavy atom. The van der Waals surface area contributed by atoms with Gasteiger partial charge in [0.15, 0.2) is 0 Å². The number of benzene rings is 1. The lowest BCUT2D eigenvalue weighted by molar-refractivity contribution is -0.273. The zero-order valence-corrected chi connectivity index (χ0v) is 9.62. The van der Waals surface area contributed by atoms with Crippen LogP contribution in [-0.4, -0.2) is 17.4 Å². The average molecular weight is 273 g/mol. The van der Waals surface area contributed by atoms with Crippen molar-refractivity contribution < 1.29 is 27.8 Å². The van der Waals surface area contributed by atoms with Gasteiger partial charge in [0.2, 0.25) is 5.60 Å². The van der Waals surface area contributed by atoms with E-state index in [1.807, 2.05) is 0 Å². The number of fused-ring (bicyclic) bond motifs is 1. The summed E-state index contributed by atoms with van der Waals surface area (Å²) in [6.45, 7) is 0. The number of nitrogens with one attached hydrogen (secondary N) is 1. The number of cyclic esters (lactones) is 1. The summed E-state index contributed by atoms with van der Waals surface area (Å²) in [4.78, 5) is 11.4. The molecule has 1 aliphatic heterocycles. The van der Waals surface area contributed by atoms with Crippen LogP contribution in [-0.2, 0) is 10.3 Å². The molecular formula is C12H10F3NO3. The van der Waals surface area contributed by atoms with Gasteiger partial charge in [-0.25, -0.2) is 4.79 Å². The Kier molecular flexibility index (Phi) is 2.27. The summed E-state index contributed by atoms with van der Waals surface area (Å²) in [5.74, 6) is -1.09. The first-order valence-electron chi connectivity index (χ1n) is 5.75. The summed E-state index contributed by atoms with van der Waals surface area (Å²) in [7, 11) is 0. The molecule has 0 saturated heterocycles. The summed E-state index contributed by atoms with van der Waals surface area (Å²) in [6.07, 6.45) is -5.18. The fourth-order valence-electron chi connectivity index (χ4n) is 2.52. The first-order valence-corrected chi connectivity index (χ1v) is 5.75. The molecule has 1 aromatic rings. The Morgan fingerprint density at radius 2 is 2.05 bits per heavy atom. The number of phenolic OH excluding ortho intramolecular Hbond substituents is 1. The van der Waals surface area contributed by atoms with Crippen molar-refractivity contribution in [1.82, 2.24) is 0 Å². The number of carbonyl (C=O) groups excluding carboxylic acids is 1. The number of hydrogen-bond donors (Lipinski definition) is 2. The molecule has 4 nitrogen and oxygen atoms in total. The average Bonchev–Trinajstić information content (AvgIpc) is 3.11. The first-order chi connectivity index (χ1) is 8.84. The van der Waals surface area contributed by atoms with Gasteiger partial charge in [-0.2, -0.15) is 13.2 Å². The van der Waals surface area contributed by atoms with Crippen molar-refractivity contribution in [2.75, 3.05) is 5.32 Å². The number of halogens is 3. The lowest BCUT2D eigenvalue weighted by Gasteiger charge is -2.39. The smallest absolute Gasteiger partial charge is 0.433 e. The van der Waals surface area contributed by atoms with Crippen LogP contribution in [0, 0.1) is 5.92 Å². The minimum Gasteiger partial charge on any atom is -0.508 e. The van der Waals surface area contributed by atoms with Crippen molar-refractivity contribution in [2.45, 2.75) is 24.6 Å². The number of anilines is 1. The molecule has 1 atom stereocenters. The molecule has 1 aliphatic carbocycles. The number of alkyl halides is 3. The second-order valence-electron chi connectivity index (χ2n) is 4.75. The minimum absolute atomic E-state index is 0.0262. The second kappa shape index (κ2) is 3.55. The molecule has 1 aromatic carbocycles. The van der Waals surface area contributed by atoms with Crippen LogP contribution < -0.4 is 5.32 Å². The van der Waals surface area contributed by atoms with Crippen LogP contribution in [0.5, 0.6) is 5.75 Å². The standard InChI is InChI=1S/C12H10F3NO3/c13-12(14,15)11(6-1-2-6)8-5-7(17)3-4-9(8)16-10(18)19-11/h3-6,17H,1-2H2,(H,16,18). The fraction of sp³-hybridized carbons (Fsp3) is 0.417. The maximum absolute atomic E-state index is 13.5. The van der Waals surface area contributed by atoms with Crippen LogP contribution in [0.3, 0.4) is 0 Å². The highest BCUT2D eigenvalue weighted by atomic mass is 19.4. The molecule has 2 aliphatic rings. The third-order valence-electron chi connectivity index (χ3n) is 3.47. The molecular weight excluding hydrogens is 263 g/mol. The third-order valence-corrected chi connectivity index (χ3v) is 3.47. The zero-order chi connectivity index (χ0) is 13.8. The summed E-state index contributed by atoms with van der Waals surface area (Å²) in [5.41, 5.74) is -2.86. The molecule has 102 valence electrons. The number of carbonyl (C=O) groups is 1. The molecule has 1 unspecified atom stereocenters. The van der Waals surface area contributed by atoms with Gasteiger partial charge in [0.1, 0.15) is 5.75 Å². The van der Waals surface area contributed by atoms with Crippen molar-refractivity contribution in [2.24, 2.45) is 5.92 Å². The number of amides is 1. The van der Waals surface area contributed by atoms with Crippen LogP contribution in [0.2, 0.25) is 0 Å². The van der Waals surface area contributed by atoms with Crippen LogP contribution >= 0.6 is 0 Å². The molecule has 1 fully saturated rings. The fourth-order valence-corrected chi connectivity index (χ4v) is 2.52. The Labute approximate surface area is 106 Å². The molecule has 1 saturated carbocycles. The lowest BCUT2D eigenvalue weighted by atomic mass is 9.85. The predicted octanol–water partition coefficient (Wildman–Crippen LogP) is 3.12. The van der Waals surface area contributed by atoms with Gasteiger partial charge in [0, 0.05) is 11.5 Å². The van der Waals surface area contributed by atoms with E-state index < -0.39 is 23.8 Å². The topological polar surface area (TPSA) is 58.6 Å². The van der Waals surface area contributed by atoms with E-state index in [0.29, 0.717) is 12.8 Å². The van der Waals surface area contributed by atoms with E-state index in [1.54, 1.807) is 0 Å². The molecule has 1 heterocycles. The highest BCUT2D eigenvalue weighted by molar-refractivity contribution is 5.89. The Balaban J connectivity index is 2.25. The maximum atomic E-state index is 13.5. The first kappa shape index (κ1) is 12.1. The third kappa shape index (κ3) is 1.64. The maximum Gasteiger partial charge on any atom is 0.433 e. The Bertz CT molecular complexity index is 554. The zero-order valence-electron chi connectivity index (χ0n) is 9.62. The monoisotopic (exact) mass is 273 g/mol. The summed E-state index contributed by atoms with van der Waals surface area (Å²) < 4.78 is 45.1. The van der Waals surface area contributed by atoms with Crippen LogP contribution in [0.25, 0.3) is 0 Å². The van der Waals surface area contributed by atoms with Crippen molar-refractivity contribution in [3.05, 3.63) is 23.8 Å². The van der Waals surface area contributed by atoms with Gasteiger partial charge in [-0.3, -0.25) is 5.32 Å².